The van der Waals surface area contributed by atoms with E-state index in [0.29, 0.717) is 11.1 Å². The van der Waals surface area contributed by atoms with Gasteiger partial charge in [-0.05, 0) is 38.7 Å². The van der Waals surface area contributed by atoms with E-state index in [9.17, 15) is 9.59 Å². The Balaban J connectivity index is 1.54. The molecule has 0 radical (unpaired) electrons. The van der Waals surface area contributed by atoms with Gasteiger partial charge in [-0.15, -0.1) is 0 Å². The van der Waals surface area contributed by atoms with Gasteiger partial charge in [-0.25, -0.2) is 9.59 Å². The Labute approximate surface area is 233 Å². The van der Waals surface area contributed by atoms with Gasteiger partial charge in [-0.1, -0.05) is 109 Å². The second-order valence-corrected chi connectivity index (χ2v) is 9.34. The van der Waals surface area contributed by atoms with Gasteiger partial charge in [-0.2, -0.15) is 0 Å². The van der Waals surface area contributed by atoms with Gasteiger partial charge in [-0.3, -0.25) is 0 Å². The summed E-state index contributed by atoms with van der Waals surface area (Å²) in [5.41, 5.74) is 2.09. The summed E-state index contributed by atoms with van der Waals surface area (Å²) in [4.78, 5) is 26.8. The number of benzene rings is 5. The van der Waals surface area contributed by atoms with Crippen molar-refractivity contribution in [3.8, 4) is 0 Å². The van der Waals surface area contributed by atoms with Crippen molar-refractivity contribution in [1.29, 1.82) is 0 Å². The highest BCUT2D eigenvalue weighted by Crippen LogP contribution is 2.36. The minimum Gasteiger partial charge on any atom is -0.459 e. The molecule has 3 atom stereocenters. The lowest BCUT2D eigenvalue weighted by atomic mass is 9.93. The zero-order valence-corrected chi connectivity index (χ0v) is 22.4. The molecular weight excluding hydrogens is 504 g/mol. The fourth-order valence-electron chi connectivity index (χ4n) is 5.00. The van der Waals surface area contributed by atoms with Gasteiger partial charge in [0.15, 0.2) is 18.3 Å². The highest BCUT2D eigenvalue weighted by atomic mass is 16.6. The lowest BCUT2D eigenvalue weighted by molar-refractivity contribution is -0.172. The van der Waals surface area contributed by atoms with Crippen LogP contribution >= 0.6 is 0 Å². The largest absolute Gasteiger partial charge is 0.459 e. The fourth-order valence-corrected chi connectivity index (χ4v) is 5.00. The Kier molecular flexibility index (Phi) is 8.50. The lowest BCUT2D eigenvalue weighted by Gasteiger charge is -2.25. The van der Waals surface area contributed by atoms with Gasteiger partial charge in [0.25, 0.3) is 0 Å². The number of carbonyl (C=O) groups is 2. The van der Waals surface area contributed by atoms with Crippen molar-refractivity contribution in [3.05, 3.63) is 132 Å². The number of methoxy groups -OCH3 is 2. The normalized spacial score (nSPS) is 13.4. The minimum absolute atomic E-state index is 0.208. The molecule has 0 fully saturated rings. The topological polar surface area (TPSA) is 71.1 Å². The number of rotatable bonds is 10. The molecule has 0 heterocycles. The summed E-state index contributed by atoms with van der Waals surface area (Å²) in [6.45, 7) is -0.208. The van der Waals surface area contributed by atoms with Crippen LogP contribution in [-0.4, -0.2) is 32.8 Å². The Morgan fingerprint density at radius 3 is 1.55 bits per heavy atom. The lowest BCUT2D eigenvalue weighted by Crippen LogP contribution is -2.26. The maximum absolute atomic E-state index is 13.6. The molecule has 0 aliphatic carbocycles. The average Bonchev–Trinajstić information content (AvgIpc) is 3.00. The zero-order chi connectivity index (χ0) is 27.9. The SMILES string of the molecule is CO[C@@H](C(=O)OC[C@@H](OC(=O)[C@H](OC)c1ccccc1)c1c2ccccc2cc2ccccc12)c1ccccc1. The van der Waals surface area contributed by atoms with Crippen LogP contribution in [0.2, 0.25) is 0 Å². The molecule has 5 aromatic rings. The molecular formula is C34H30O6. The molecule has 40 heavy (non-hydrogen) atoms. The average molecular weight is 535 g/mol. The fraction of sp³-hybridized carbons (Fsp3) is 0.176. The molecule has 0 aromatic heterocycles. The van der Waals surface area contributed by atoms with Gasteiger partial charge >= 0.3 is 11.9 Å². The molecule has 0 N–H and O–H groups in total. The monoisotopic (exact) mass is 534 g/mol. The predicted octanol–water partition coefficient (Wildman–Crippen LogP) is 6.90. The molecule has 202 valence electrons. The summed E-state index contributed by atoms with van der Waals surface area (Å²) in [6, 6.07) is 36.1. The van der Waals surface area contributed by atoms with Crippen molar-refractivity contribution >= 4 is 33.5 Å². The van der Waals surface area contributed by atoms with E-state index in [0.717, 1.165) is 27.1 Å². The van der Waals surface area contributed by atoms with E-state index in [-0.39, 0.29) is 6.61 Å². The molecule has 6 nitrogen and oxygen atoms in total. The van der Waals surface area contributed by atoms with E-state index >= 15 is 0 Å². The van der Waals surface area contributed by atoms with E-state index < -0.39 is 30.3 Å². The molecule has 0 saturated carbocycles. The Bertz CT molecular complexity index is 1550. The third-order valence-corrected chi connectivity index (χ3v) is 6.87. The van der Waals surface area contributed by atoms with Crippen LogP contribution in [0.3, 0.4) is 0 Å². The first-order valence-electron chi connectivity index (χ1n) is 13.0. The van der Waals surface area contributed by atoms with Gasteiger partial charge in [0.1, 0.15) is 6.61 Å². The second-order valence-electron chi connectivity index (χ2n) is 9.34. The molecule has 0 aliphatic rings. The van der Waals surface area contributed by atoms with Gasteiger partial charge in [0, 0.05) is 19.8 Å². The van der Waals surface area contributed by atoms with E-state index in [4.69, 9.17) is 18.9 Å². The molecule has 0 amide bonds. The molecule has 5 rings (SSSR count). The number of ether oxygens (including phenoxy) is 4. The third kappa shape index (κ3) is 5.73. The molecule has 0 spiro atoms. The van der Waals surface area contributed by atoms with Crippen molar-refractivity contribution in [2.24, 2.45) is 0 Å². The highest BCUT2D eigenvalue weighted by Gasteiger charge is 2.30. The van der Waals surface area contributed by atoms with Crippen molar-refractivity contribution in [2.45, 2.75) is 18.3 Å². The van der Waals surface area contributed by atoms with Crippen LogP contribution in [0.5, 0.6) is 0 Å². The first kappa shape index (κ1) is 27.1. The van der Waals surface area contributed by atoms with Crippen LogP contribution < -0.4 is 0 Å². The van der Waals surface area contributed by atoms with Crippen molar-refractivity contribution < 1.29 is 28.5 Å². The molecule has 6 heteroatoms. The van der Waals surface area contributed by atoms with Crippen LogP contribution in [0.4, 0.5) is 0 Å². The second kappa shape index (κ2) is 12.6. The zero-order valence-electron chi connectivity index (χ0n) is 22.4. The van der Waals surface area contributed by atoms with Gasteiger partial charge in [0.2, 0.25) is 0 Å². The predicted molar refractivity (Wildman–Crippen MR) is 154 cm³/mol. The number of hydrogen-bond donors (Lipinski definition) is 0. The van der Waals surface area contributed by atoms with Crippen molar-refractivity contribution in [2.75, 3.05) is 20.8 Å². The smallest absolute Gasteiger partial charge is 0.340 e. The van der Waals surface area contributed by atoms with E-state index in [1.807, 2.05) is 84.9 Å². The molecule has 0 bridgehead atoms. The third-order valence-electron chi connectivity index (χ3n) is 6.87. The maximum atomic E-state index is 13.6. The van der Waals surface area contributed by atoms with Crippen LogP contribution in [0.15, 0.2) is 115 Å². The van der Waals surface area contributed by atoms with Gasteiger partial charge < -0.3 is 18.9 Å². The van der Waals surface area contributed by atoms with E-state index in [1.165, 1.54) is 14.2 Å². The summed E-state index contributed by atoms with van der Waals surface area (Å²) in [5, 5.41) is 3.76. The number of fused-ring (bicyclic) bond motifs is 2. The van der Waals surface area contributed by atoms with Crippen molar-refractivity contribution in [1.82, 2.24) is 0 Å². The first-order valence-corrected chi connectivity index (χ1v) is 13.0. The Morgan fingerprint density at radius 2 is 1.05 bits per heavy atom. The molecule has 5 aromatic carbocycles. The number of carbonyl (C=O) groups excluding carboxylic acids is 2. The Morgan fingerprint density at radius 1 is 0.600 bits per heavy atom. The molecule has 0 saturated heterocycles. The summed E-state index contributed by atoms with van der Waals surface area (Å²) < 4.78 is 23.0. The van der Waals surface area contributed by atoms with Crippen LogP contribution in [-0.2, 0) is 28.5 Å². The highest BCUT2D eigenvalue weighted by molar-refractivity contribution is 6.02. The minimum atomic E-state index is -0.948. The Hall–Kier alpha value is -4.52. The summed E-state index contributed by atoms with van der Waals surface area (Å²) >= 11 is 0. The maximum Gasteiger partial charge on any atom is 0.340 e. The van der Waals surface area contributed by atoms with E-state index in [2.05, 4.69) is 6.07 Å². The summed E-state index contributed by atoms with van der Waals surface area (Å²) in [7, 11) is 2.92. The number of hydrogen-bond acceptors (Lipinski definition) is 6. The van der Waals surface area contributed by atoms with Crippen molar-refractivity contribution in [3.63, 3.8) is 0 Å². The van der Waals surface area contributed by atoms with Crippen LogP contribution in [0, 0.1) is 0 Å². The standard InChI is InChI=1S/C34H30O6/c1-37-31(23-13-5-3-6-14-23)33(35)39-22-29(40-34(36)32(38-2)24-15-7-4-8-16-24)30-27-19-11-9-17-25(27)21-26-18-10-12-20-28(26)30/h3-21,29,31-32H,22H2,1-2H3/t29-,31-,32-/m1/s1. The van der Waals surface area contributed by atoms with E-state index in [1.54, 1.807) is 24.3 Å². The van der Waals surface area contributed by atoms with Crippen LogP contribution in [0.25, 0.3) is 21.5 Å². The number of esters is 2. The summed E-state index contributed by atoms with van der Waals surface area (Å²) in [5.74, 6) is -1.16. The quantitative estimate of drug-likeness (QED) is 0.143. The molecule has 0 aliphatic heterocycles. The summed E-state index contributed by atoms with van der Waals surface area (Å²) in [6.07, 6.45) is -2.78. The van der Waals surface area contributed by atoms with Gasteiger partial charge in [0.05, 0.1) is 0 Å². The van der Waals surface area contributed by atoms with Crippen LogP contribution in [0.1, 0.15) is 35.0 Å². The molecule has 0 unspecified atom stereocenters. The first-order chi connectivity index (χ1) is 19.6.